The fraction of sp³-hybridized carbons (Fsp3) is 0.556. The number of amides is 3. The number of rotatable bonds is 13. The molecule has 0 aromatic heterocycles. The van der Waals surface area contributed by atoms with Crippen molar-refractivity contribution in [3.8, 4) is 0 Å². The summed E-state index contributed by atoms with van der Waals surface area (Å²) in [7, 11) is 0. The molecule has 2 aromatic rings. The van der Waals surface area contributed by atoms with Crippen molar-refractivity contribution < 1.29 is 28.7 Å². The Bertz CT molecular complexity index is 1310. The van der Waals surface area contributed by atoms with Gasteiger partial charge in [0.2, 0.25) is 11.8 Å². The minimum atomic E-state index is -1.11. The van der Waals surface area contributed by atoms with Crippen LogP contribution in [-0.4, -0.2) is 70.1 Å². The number of aryl methyl sites for hydroxylation is 2. The molecule has 2 aromatic carbocycles. The Morgan fingerprint density at radius 2 is 1.39 bits per heavy atom. The van der Waals surface area contributed by atoms with Crippen LogP contribution >= 0.6 is 11.8 Å². The molecule has 0 bridgehead atoms. The number of hydrogen-bond acceptors (Lipinski definition) is 7. The minimum Gasteiger partial charge on any atom is -0.458 e. The van der Waals surface area contributed by atoms with Crippen molar-refractivity contribution >= 4 is 35.6 Å². The van der Waals surface area contributed by atoms with Crippen molar-refractivity contribution in [2.24, 2.45) is 0 Å². The lowest BCUT2D eigenvalue weighted by Crippen LogP contribution is -2.56. The van der Waals surface area contributed by atoms with Crippen molar-refractivity contribution in [3.63, 3.8) is 0 Å². The topological polar surface area (TPSA) is 114 Å². The summed E-state index contributed by atoms with van der Waals surface area (Å²) < 4.78 is 11.2. The smallest absolute Gasteiger partial charge is 0.408 e. The molecule has 10 heteroatoms. The molecular formula is C36H53N3O6S. The fourth-order valence-electron chi connectivity index (χ4n) is 5.08. The molecular weight excluding hydrogens is 602 g/mol. The number of hydrogen-bond donors (Lipinski definition) is 2. The maximum absolute atomic E-state index is 14.5. The van der Waals surface area contributed by atoms with Gasteiger partial charge in [-0.3, -0.25) is 9.59 Å². The molecule has 0 saturated carbocycles. The van der Waals surface area contributed by atoms with Gasteiger partial charge in [0.25, 0.3) is 0 Å². The van der Waals surface area contributed by atoms with E-state index in [0.717, 1.165) is 16.7 Å². The first kappa shape index (κ1) is 38.7. The number of nitrogens with one attached hydrogen (secondary N) is 2. The van der Waals surface area contributed by atoms with Gasteiger partial charge in [0.05, 0.1) is 0 Å². The van der Waals surface area contributed by atoms with Gasteiger partial charge >= 0.3 is 12.1 Å². The number of thioether (sulfide) groups is 1. The largest absolute Gasteiger partial charge is 0.458 e. The predicted octanol–water partition coefficient (Wildman–Crippen LogP) is 6.30. The van der Waals surface area contributed by atoms with E-state index >= 15 is 0 Å². The van der Waals surface area contributed by atoms with E-state index in [1.807, 2.05) is 82.5 Å². The van der Waals surface area contributed by atoms with E-state index in [2.05, 4.69) is 10.6 Å². The van der Waals surface area contributed by atoms with Gasteiger partial charge in [-0.2, -0.15) is 11.8 Å². The third kappa shape index (κ3) is 12.7. The Morgan fingerprint density at radius 3 is 1.89 bits per heavy atom. The highest BCUT2D eigenvalue weighted by atomic mass is 32.2. The van der Waals surface area contributed by atoms with Crippen molar-refractivity contribution in [3.05, 3.63) is 70.8 Å². The predicted molar refractivity (Wildman–Crippen MR) is 185 cm³/mol. The van der Waals surface area contributed by atoms with Gasteiger partial charge in [-0.25, -0.2) is 9.59 Å². The van der Waals surface area contributed by atoms with E-state index in [-0.39, 0.29) is 6.42 Å². The van der Waals surface area contributed by atoms with E-state index in [9.17, 15) is 19.2 Å². The van der Waals surface area contributed by atoms with Crippen molar-refractivity contribution in [2.75, 3.05) is 12.0 Å². The van der Waals surface area contributed by atoms with Crippen LogP contribution < -0.4 is 10.6 Å². The summed E-state index contributed by atoms with van der Waals surface area (Å²) in [6.07, 6.45) is 1.74. The first-order chi connectivity index (χ1) is 21.3. The SMILES string of the molecule is CSCCC(NC(=O)OC(C)(C)C)C(=O)N(C(C)C)C(C(=O)NC(Cc1ccccc1)C(=O)OC(C)(C)C)c1cc(C)cc(C)c1. The Labute approximate surface area is 279 Å². The summed E-state index contributed by atoms with van der Waals surface area (Å²) in [5.41, 5.74) is 1.75. The Kier molecular flexibility index (Phi) is 14.2. The lowest BCUT2D eigenvalue weighted by molar-refractivity contribution is -0.159. The van der Waals surface area contributed by atoms with Gasteiger partial charge < -0.3 is 25.0 Å². The maximum atomic E-state index is 14.5. The molecule has 3 amide bonds. The summed E-state index contributed by atoms with van der Waals surface area (Å²) in [5.74, 6) is -0.933. The lowest BCUT2D eigenvalue weighted by Gasteiger charge is -2.38. The highest BCUT2D eigenvalue weighted by Crippen LogP contribution is 2.28. The van der Waals surface area contributed by atoms with E-state index in [4.69, 9.17) is 9.47 Å². The number of alkyl carbamates (subject to hydrolysis) is 1. The van der Waals surface area contributed by atoms with Crippen LogP contribution in [0, 0.1) is 13.8 Å². The second-order valence-corrected chi connectivity index (χ2v) is 14.9. The average Bonchev–Trinajstić information content (AvgIpc) is 2.91. The summed E-state index contributed by atoms with van der Waals surface area (Å²) in [6, 6.07) is 11.6. The molecule has 0 radical (unpaired) electrons. The molecule has 0 fully saturated rings. The number of benzene rings is 2. The van der Waals surface area contributed by atoms with Gasteiger partial charge in [0.15, 0.2) is 0 Å². The van der Waals surface area contributed by atoms with Gasteiger partial charge in [-0.1, -0.05) is 59.7 Å². The first-order valence-electron chi connectivity index (χ1n) is 15.8. The van der Waals surface area contributed by atoms with Gasteiger partial charge in [0, 0.05) is 12.5 Å². The molecule has 2 N–H and O–H groups in total. The molecule has 0 spiro atoms. The van der Waals surface area contributed by atoms with E-state index < -0.39 is 59.2 Å². The fourth-order valence-corrected chi connectivity index (χ4v) is 5.55. The first-order valence-corrected chi connectivity index (χ1v) is 17.2. The monoisotopic (exact) mass is 655 g/mol. The molecule has 3 atom stereocenters. The lowest BCUT2D eigenvalue weighted by atomic mass is 9.96. The van der Waals surface area contributed by atoms with Gasteiger partial charge in [-0.05, 0) is 98.8 Å². The van der Waals surface area contributed by atoms with Crippen molar-refractivity contribution in [1.29, 1.82) is 0 Å². The molecule has 254 valence electrons. The van der Waals surface area contributed by atoms with Crippen LogP contribution in [0.25, 0.3) is 0 Å². The zero-order valence-corrected chi connectivity index (χ0v) is 30.2. The third-order valence-electron chi connectivity index (χ3n) is 6.79. The van der Waals surface area contributed by atoms with Gasteiger partial charge in [-0.15, -0.1) is 0 Å². The molecule has 3 unspecified atom stereocenters. The number of ether oxygens (including phenoxy) is 2. The van der Waals surface area contributed by atoms with Crippen molar-refractivity contribution in [2.45, 2.75) is 117 Å². The summed E-state index contributed by atoms with van der Waals surface area (Å²) >= 11 is 1.55. The van der Waals surface area contributed by atoms with Crippen LogP contribution in [-0.2, 0) is 30.3 Å². The second kappa shape index (κ2) is 16.9. The molecule has 46 heavy (non-hydrogen) atoms. The quantitative estimate of drug-likeness (QED) is 0.244. The van der Waals surface area contributed by atoms with Crippen LogP contribution in [0.1, 0.15) is 90.1 Å². The molecule has 9 nitrogen and oxygen atoms in total. The molecule has 0 aliphatic carbocycles. The molecule has 0 aliphatic rings. The summed E-state index contributed by atoms with van der Waals surface area (Å²) in [5, 5.41) is 5.70. The number of carbonyl (C=O) groups is 4. The minimum absolute atomic E-state index is 0.202. The van der Waals surface area contributed by atoms with E-state index in [0.29, 0.717) is 17.7 Å². The highest BCUT2D eigenvalue weighted by Gasteiger charge is 2.39. The van der Waals surface area contributed by atoms with E-state index in [1.165, 1.54) is 4.90 Å². The number of esters is 1. The average molecular weight is 656 g/mol. The second-order valence-electron chi connectivity index (χ2n) is 13.9. The van der Waals surface area contributed by atoms with Crippen LogP contribution in [0.15, 0.2) is 48.5 Å². The Morgan fingerprint density at radius 1 is 0.826 bits per heavy atom. The zero-order valence-electron chi connectivity index (χ0n) is 29.4. The normalized spacial score (nSPS) is 13.7. The van der Waals surface area contributed by atoms with Crippen LogP contribution in [0.3, 0.4) is 0 Å². The zero-order chi connectivity index (χ0) is 34.8. The van der Waals surface area contributed by atoms with Crippen LogP contribution in [0.5, 0.6) is 0 Å². The van der Waals surface area contributed by atoms with Crippen molar-refractivity contribution in [1.82, 2.24) is 15.5 Å². The van der Waals surface area contributed by atoms with Crippen LogP contribution in [0.4, 0.5) is 4.79 Å². The third-order valence-corrected chi connectivity index (χ3v) is 7.43. The van der Waals surface area contributed by atoms with Crippen LogP contribution in [0.2, 0.25) is 0 Å². The van der Waals surface area contributed by atoms with E-state index in [1.54, 1.807) is 53.3 Å². The number of nitrogens with zero attached hydrogens (tertiary/aromatic N) is 1. The Hall–Kier alpha value is -3.53. The Balaban J connectivity index is 2.63. The standard InChI is InChI=1S/C36H53N3O6S/c1-23(2)39(32(41)28(17-18-46-11)38-34(43)45-36(8,9)10)30(27-20-24(3)19-25(4)21-27)31(40)37-29(33(42)44-35(5,6)7)22-26-15-13-12-14-16-26/h12-16,19-21,23,28-30H,17-18,22H2,1-11H3,(H,37,40)(H,38,43). The molecule has 0 saturated heterocycles. The summed E-state index contributed by atoms with van der Waals surface area (Å²) in [6.45, 7) is 18.1. The maximum Gasteiger partial charge on any atom is 0.408 e. The number of carbonyl (C=O) groups excluding carboxylic acids is 4. The molecule has 0 heterocycles. The van der Waals surface area contributed by atoms with Gasteiger partial charge in [0.1, 0.15) is 29.3 Å². The summed E-state index contributed by atoms with van der Waals surface area (Å²) in [4.78, 5) is 56.8. The highest BCUT2D eigenvalue weighted by molar-refractivity contribution is 7.98. The molecule has 0 aliphatic heterocycles. The molecule has 2 rings (SSSR count).